The van der Waals surface area contributed by atoms with Crippen LogP contribution in [0.4, 0.5) is 0 Å². The second-order valence-corrected chi connectivity index (χ2v) is 6.34. The monoisotopic (exact) mass is 226 g/mol. The zero-order chi connectivity index (χ0) is 11.6. The van der Waals surface area contributed by atoms with E-state index in [4.69, 9.17) is 0 Å². The first-order valence-electron chi connectivity index (χ1n) is 6.58. The maximum atomic E-state index is 4.30. The molecule has 0 bridgehead atoms. The number of aryl methyl sites for hydroxylation is 1. The van der Waals surface area contributed by atoms with E-state index in [0.29, 0.717) is 5.41 Å². The molecular weight excluding hydrogens is 208 g/mol. The third-order valence-electron chi connectivity index (χ3n) is 4.80. The number of nitrogens with zero attached hydrogens (tertiary/aromatic N) is 2. The highest BCUT2D eigenvalue weighted by molar-refractivity contribution is 5.58. The van der Waals surface area contributed by atoms with Gasteiger partial charge in [0, 0.05) is 6.20 Å². The Bertz CT molecular complexity index is 586. The van der Waals surface area contributed by atoms with Crippen molar-refractivity contribution in [2.45, 2.75) is 38.5 Å². The Labute approximate surface area is 102 Å². The Hall–Kier alpha value is -1.31. The fraction of sp³-hybridized carbons (Fsp3) is 0.533. The molecule has 0 radical (unpaired) electrons. The van der Waals surface area contributed by atoms with Gasteiger partial charge in [-0.05, 0) is 54.6 Å². The van der Waals surface area contributed by atoms with Gasteiger partial charge in [0.15, 0.2) is 0 Å². The largest absolute Gasteiger partial charge is 0.306 e. The second-order valence-electron chi connectivity index (χ2n) is 6.34. The van der Waals surface area contributed by atoms with Gasteiger partial charge in [-0.3, -0.25) is 0 Å². The first-order valence-corrected chi connectivity index (χ1v) is 6.58. The molecule has 2 aromatic heterocycles. The minimum atomic E-state index is 0.390. The minimum absolute atomic E-state index is 0.390. The van der Waals surface area contributed by atoms with Crippen molar-refractivity contribution < 1.29 is 0 Å². The third-order valence-corrected chi connectivity index (χ3v) is 4.80. The Morgan fingerprint density at radius 3 is 2.88 bits per heavy atom. The maximum absolute atomic E-state index is 4.30. The maximum Gasteiger partial charge on any atom is 0.0992 e. The van der Waals surface area contributed by atoms with Crippen LogP contribution in [0.15, 0.2) is 24.8 Å². The molecule has 0 amide bonds. The molecule has 2 aromatic rings. The standard InChI is InChI=1S/C15H18N2/c1-10-3-13(14-7-16-9-17(14)8-10)15(2)5-11-4-12(11)6-15/h3,7-9,11-12H,4-6H2,1-2H3. The molecule has 2 aliphatic rings. The Morgan fingerprint density at radius 1 is 1.35 bits per heavy atom. The number of hydrogen-bond acceptors (Lipinski definition) is 1. The molecular formula is C15H18N2. The summed E-state index contributed by atoms with van der Waals surface area (Å²) in [7, 11) is 0. The molecule has 0 spiro atoms. The lowest BCUT2D eigenvalue weighted by Crippen LogP contribution is -2.20. The van der Waals surface area contributed by atoms with Gasteiger partial charge in [0.25, 0.3) is 0 Å². The molecule has 2 atom stereocenters. The molecule has 2 saturated carbocycles. The van der Waals surface area contributed by atoms with Gasteiger partial charge in [-0.1, -0.05) is 13.0 Å². The molecule has 0 aliphatic heterocycles. The summed E-state index contributed by atoms with van der Waals surface area (Å²) in [6.07, 6.45) is 10.3. The first kappa shape index (κ1) is 9.69. The van der Waals surface area contributed by atoms with Crippen molar-refractivity contribution in [2.75, 3.05) is 0 Å². The van der Waals surface area contributed by atoms with Crippen LogP contribution in [0.25, 0.3) is 5.52 Å². The van der Waals surface area contributed by atoms with Crippen LogP contribution in [0.3, 0.4) is 0 Å². The molecule has 2 aliphatic carbocycles. The lowest BCUT2D eigenvalue weighted by molar-refractivity contribution is 0.438. The third kappa shape index (κ3) is 1.30. The van der Waals surface area contributed by atoms with Gasteiger partial charge in [-0.15, -0.1) is 0 Å². The molecule has 2 heteroatoms. The van der Waals surface area contributed by atoms with Crippen LogP contribution >= 0.6 is 0 Å². The molecule has 17 heavy (non-hydrogen) atoms. The van der Waals surface area contributed by atoms with Crippen LogP contribution in [0.2, 0.25) is 0 Å². The number of pyridine rings is 1. The highest BCUT2D eigenvalue weighted by Gasteiger charge is 2.52. The normalized spacial score (nSPS) is 35.2. The van der Waals surface area contributed by atoms with E-state index in [1.54, 1.807) is 0 Å². The molecule has 88 valence electrons. The SMILES string of the molecule is Cc1cc(C2(C)CC3CC3C2)c2cncn2c1. The number of rotatable bonds is 1. The zero-order valence-electron chi connectivity index (χ0n) is 10.5. The van der Waals surface area contributed by atoms with Gasteiger partial charge in [0.2, 0.25) is 0 Å². The number of imidazole rings is 1. The van der Waals surface area contributed by atoms with Crippen molar-refractivity contribution in [2.24, 2.45) is 11.8 Å². The quantitative estimate of drug-likeness (QED) is 0.729. The summed E-state index contributed by atoms with van der Waals surface area (Å²) in [6.45, 7) is 4.63. The van der Waals surface area contributed by atoms with Crippen molar-refractivity contribution in [3.8, 4) is 0 Å². The number of fused-ring (bicyclic) bond motifs is 2. The molecule has 4 rings (SSSR count). The molecule has 0 saturated heterocycles. The summed E-state index contributed by atoms with van der Waals surface area (Å²) in [5.41, 5.74) is 4.55. The summed E-state index contributed by atoms with van der Waals surface area (Å²) in [4.78, 5) is 4.30. The Kier molecular flexibility index (Phi) is 1.67. The molecule has 2 fully saturated rings. The van der Waals surface area contributed by atoms with Crippen molar-refractivity contribution >= 4 is 5.52 Å². The summed E-state index contributed by atoms with van der Waals surface area (Å²) in [5, 5.41) is 0. The first-order chi connectivity index (χ1) is 8.16. The lowest BCUT2D eigenvalue weighted by atomic mass is 9.78. The van der Waals surface area contributed by atoms with E-state index >= 15 is 0 Å². The van der Waals surface area contributed by atoms with Gasteiger partial charge in [-0.25, -0.2) is 4.98 Å². The number of aromatic nitrogens is 2. The summed E-state index contributed by atoms with van der Waals surface area (Å²) in [5.74, 6) is 2.03. The highest BCUT2D eigenvalue weighted by Crippen LogP contribution is 2.60. The van der Waals surface area contributed by atoms with E-state index in [-0.39, 0.29) is 0 Å². The van der Waals surface area contributed by atoms with Gasteiger partial charge < -0.3 is 4.40 Å². The summed E-state index contributed by atoms with van der Waals surface area (Å²) in [6, 6.07) is 2.38. The van der Waals surface area contributed by atoms with Crippen molar-refractivity contribution in [3.05, 3.63) is 35.9 Å². The van der Waals surface area contributed by atoms with Crippen LogP contribution in [-0.4, -0.2) is 9.38 Å². The highest BCUT2D eigenvalue weighted by atomic mass is 15.0. The zero-order valence-corrected chi connectivity index (χ0v) is 10.5. The predicted octanol–water partition coefficient (Wildman–Crippen LogP) is 3.33. The van der Waals surface area contributed by atoms with Crippen LogP contribution in [-0.2, 0) is 5.41 Å². The second kappa shape index (κ2) is 2.92. The van der Waals surface area contributed by atoms with Crippen molar-refractivity contribution in [1.29, 1.82) is 0 Å². The van der Waals surface area contributed by atoms with Crippen LogP contribution < -0.4 is 0 Å². The average molecular weight is 226 g/mol. The summed E-state index contributed by atoms with van der Waals surface area (Å²) >= 11 is 0. The fourth-order valence-electron chi connectivity index (χ4n) is 3.93. The minimum Gasteiger partial charge on any atom is -0.306 e. The topological polar surface area (TPSA) is 17.3 Å². The van der Waals surface area contributed by atoms with Gasteiger partial charge in [0.1, 0.15) is 0 Å². The Balaban J connectivity index is 1.92. The predicted molar refractivity (Wildman–Crippen MR) is 68.1 cm³/mol. The van der Waals surface area contributed by atoms with Gasteiger partial charge in [-0.2, -0.15) is 0 Å². The molecule has 2 unspecified atom stereocenters. The lowest BCUT2D eigenvalue weighted by Gasteiger charge is -2.27. The molecule has 0 N–H and O–H groups in total. The van der Waals surface area contributed by atoms with Gasteiger partial charge in [0.05, 0.1) is 18.0 Å². The van der Waals surface area contributed by atoms with Gasteiger partial charge >= 0.3 is 0 Å². The van der Waals surface area contributed by atoms with Crippen LogP contribution in [0.1, 0.15) is 37.3 Å². The Morgan fingerprint density at radius 2 is 2.12 bits per heavy atom. The van der Waals surface area contributed by atoms with E-state index in [2.05, 4.69) is 35.5 Å². The van der Waals surface area contributed by atoms with Crippen LogP contribution in [0, 0.1) is 18.8 Å². The summed E-state index contributed by atoms with van der Waals surface area (Å²) < 4.78 is 2.18. The van der Waals surface area contributed by atoms with E-state index in [9.17, 15) is 0 Å². The number of hydrogen-bond donors (Lipinski definition) is 0. The van der Waals surface area contributed by atoms with E-state index in [0.717, 1.165) is 11.8 Å². The van der Waals surface area contributed by atoms with Crippen molar-refractivity contribution in [1.82, 2.24) is 9.38 Å². The molecule has 2 nitrogen and oxygen atoms in total. The molecule has 2 heterocycles. The average Bonchev–Trinajstić information content (AvgIpc) is 2.75. The smallest absolute Gasteiger partial charge is 0.0992 e. The van der Waals surface area contributed by atoms with E-state index in [1.807, 2.05) is 12.5 Å². The van der Waals surface area contributed by atoms with Crippen LogP contribution in [0.5, 0.6) is 0 Å². The van der Waals surface area contributed by atoms with E-state index in [1.165, 1.54) is 35.9 Å². The van der Waals surface area contributed by atoms with E-state index < -0.39 is 0 Å². The van der Waals surface area contributed by atoms with Crippen molar-refractivity contribution in [3.63, 3.8) is 0 Å². The fourth-order valence-corrected chi connectivity index (χ4v) is 3.93. The molecule has 0 aromatic carbocycles.